The SMILES string of the molecule is COCCNC(=O)c1ccnc(Nc2cc(C)c(Cl)cc2OC)n1. The molecular formula is C16H19ClN4O3. The van der Waals surface area contributed by atoms with Gasteiger partial charge in [-0.3, -0.25) is 4.79 Å². The maximum atomic E-state index is 12.0. The molecule has 0 bridgehead atoms. The fourth-order valence-corrected chi connectivity index (χ4v) is 2.11. The first-order chi connectivity index (χ1) is 11.5. The molecular weight excluding hydrogens is 332 g/mol. The van der Waals surface area contributed by atoms with Crippen LogP contribution in [0.15, 0.2) is 24.4 Å². The number of ether oxygens (including phenoxy) is 2. The van der Waals surface area contributed by atoms with E-state index < -0.39 is 0 Å². The molecule has 2 N–H and O–H groups in total. The van der Waals surface area contributed by atoms with E-state index in [9.17, 15) is 4.79 Å². The second-order valence-corrected chi connectivity index (χ2v) is 5.35. The largest absolute Gasteiger partial charge is 0.495 e. The number of anilines is 2. The molecule has 1 amide bonds. The summed E-state index contributed by atoms with van der Waals surface area (Å²) in [5.74, 6) is 0.551. The molecule has 0 radical (unpaired) electrons. The van der Waals surface area contributed by atoms with E-state index in [1.54, 1.807) is 20.3 Å². The number of carbonyl (C=O) groups excluding carboxylic acids is 1. The Balaban J connectivity index is 2.18. The number of benzene rings is 1. The van der Waals surface area contributed by atoms with Crippen LogP contribution in [0, 0.1) is 6.92 Å². The number of nitrogens with one attached hydrogen (secondary N) is 2. The third-order valence-corrected chi connectivity index (χ3v) is 3.61. The first-order valence-electron chi connectivity index (χ1n) is 7.26. The summed E-state index contributed by atoms with van der Waals surface area (Å²) in [6.45, 7) is 2.73. The number of carbonyl (C=O) groups is 1. The van der Waals surface area contributed by atoms with E-state index in [4.69, 9.17) is 21.1 Å². The van der Waals surface area contributed by atoms with Gasteiger partial charge in [0.15, 0.2) is 0 Å². The van der Waals surface area contributed by atoms with Crippen molar-refractivity contribution in [3.05, 3.63) is 40.7 Å². The van der Waals surface area contributed by atoms with E-state index in [0.29, 0.717) is 29.6 Å². The maximum absolute atomic E-state index is 12.0. The molecule has 0 aliphatic rings. The van der Waals surface area contributed by atoms with Crippen LogP contribution in [-0.4, -0.2) is 43.2 Å². The molecule has 0 aliphatic carbocycles. The molecule has 24 heavy (non-hydrogen) atoms. The molecule has 128 valence electrons. The number of nitrogens with zero attached hydrogens (tertiary/aromatic N) is 2. The van der Waals surface area contributed by atoms with Crippen molar-refractivity contribution in [3.8, 4) is 5.75 Å². The van der Waals surface area contributed by atoms with E-state index in [0.717, 1.165) is 5.56 Å². The Morgan fingerprint density at radius 3 is 2.83 bits per heavy atom. The third kappa shape index (κ3) is 4.56. The smallest absolute Gasteiger partial charge is 0.270 e. The Bertz CT molecular complexity index is 724. The summed E-state index contributed by atoms with van der Waals surface area (Å²) in [6.07, 6.45) is 1.51. The third-order valence-electron chi connectivity index (χ3n) is 3.21. The molecule has 1 heterocycles. The van der Waals surface area contributed by atoms with Crippen molar-refractivity contribution in [2.24, 2.45) is 0 Å². The molecule has 0 atom stereocenters. The number of amides is 1. The van der Waals surface area contributed by atoms with Crippen LogP contribution < -0.4 is 15.4 Å². The lowest BCUT2D eigenvalue weighted by Gasteiger charge is -2.12. The number of rotatable bonds is 7. The molecule has 0 aliphatic heterocycles. The van der Waals surface area contributed by atoms with Crippen LogP contribution >= 0.6 is 11.6 Å². The van der Waals surface area contributed by atoms with Gasteiger partial charge in [0.2, 0.25) is 5.95 Å². The molecule has 1 aromatic heterocycles. The predicted octanol–water partition coefficient (Wildman–Crippen LogP) is 2.57. The van der Waals surface area contributed by atoms with E-state index in [1.165, 1.54) is 12.3 Å². The topological polar surface area (TPSA) is 85.4 Å². The van der Waals surface area contributed by atoms with Gasteiger partial charge in [-0.2, -0.15) is 0 Å². The zero-order chi connectivity index (χ0) is 17.5. The van der Waals surface area contributed by atoms with Crippen molar-refractivity contribution in [1.29, 1.82) is 0 Å². The minimum Gasteiger partial charge on any atom is -0.495 e. The summed E-state index contributed by atoms with van der Waals surface area (Å²) in [5, 5.41) is 6.35. The fourth-order valence-electron chi connectivity index (χ4n) is 1.95. The van der Waals surface area contributed by atoms with Crippen LogP contribution in [0.3, 0.4) is 0 Å². The highest BCUT2D eigenvalue weighted by Crippen LogP contribution is 2.32. The summed E-state index contributed by atoms with van der Waals surface area (Å²) >= 11 is 6.09. The van der Waals surface area contributed by atoms with Gasteiger partial charge >= 0.3 is 0 Å². The van der Waals surface area contributed by atoms with Gasteiger partial charge in [-0.1, -0.05) is 11.6 Å². The van der Waals surface area contributed by atoms with Gasteiger partial charge in [-0.25, -0.2) is 9.97 Å². The Kier molecular flexibility index (Phi) is 6.34. The standard InChI is InChI=1S/C16H19ClN4O3/c1-10-8-13(14(24-3)9-11(10)17)21-16-19-5-4-12(20-16)15(22)18-6-7-23-2/h4-5,8-9H,6-7H2,1-3H3,(H,18,22)(H,19,20,21). The van der Waals surface area contributed by atoms with Crippen molar-refractivity contribution < 1.29 is 14.3 Å². The summed E-state index contributed by atoms with van der Waals surface area (Å²) in [5.41, 5.74) is 1.80. The lowest BCUT2D eigenvalue weighted by molar-refractivity contribution is 0.0932. The Morgan fingerprint density at radius 2 is 2.12 bits per heavy atom. The minimum absolute atomic E-state index is 0.258. The second-order valence-electron chi connectivity index (χ2n) is 4.94. The summed E-state index contributed by atoms with van der Waals surface area (Å²) < 4.78 is 10.2. The van der Waals surface area contributed by atoms with E-state index in [-0.39, 0.29) is 17.5 Å². The van der Waals surface area contributed by atoms with Crippen molar-refractivity contribution in [1.82, 2.24) is 15.3 Å². The Hall–Kier alpha value is -2.38. The second kappa shape index (κ2) is 8.47. The van der Waals surface area contributed by atoms with Crippen molar-refractivity contribution in [2.45, 2.75) is 6.92 Å². The average molecular weight is 351 g/mol. The highest BCUT2D eigenvalue weighted by atomic mass is 35.5. The van der Waals surface area contributed by atoms with Crippen LogP contribution in [0.1, 0.15) is 16.1 Å². The first kappa shape index (κ1) is 18.0. The molecule has 2 aromatic rings. The molecule has 0 unspecified atom stereocenters. The molecule has 8 heteroatoms. The minimum atomic E-state index is -0.295. The van der Waals surface area contributed by atoms with Crippen molar-refractivity contribution in [2.75, 3.05) is 32.7 Å². The predicted molar refractivity (Wildman–Crippen MR) is 92.3 cm³/mol. The molecule has 0 saturated heterocycles. The van der Waals surface area contributed by atoms with Crippen LogP contribution in [0.4, 0.5) is 11.6 Å². The van der Waals surface area contributed by atoms with Gasteiger partial charge in [-0.15, -0.1) is 0 Å². The summed E-state index contributed by atoms with van der Waals surface area (Å²) in [7, 11) is 3.12. The number of hydrogen-bond acceptors (Lipinski definition) is 6. The number of hydrogen-bond donors (Lipinski definition) is 2. The van der Waals surface area contributed by atoms with Gasteiger partial charge in [-0.05, 0) is 24.6 Å². The number of aromatic nitrogens is 2. The molecule has 1 aromatic carbocycles. The van der Waals surface area contributed by atoms with E-state index in [1.807, 2.05) is 13.0 Å². The van der Waals surface area contributed by atoms with Gasteiger partial charge in [0, 0.05) is 30.9 Å². The Morgan fingerprint density at radius 1 is 1.33 bits per heavy atom. The molecule has 0 saturated carbocycles. The van der Waals surface area contributed by atoms with Gasteiger partial charge in [0.05, 0.1) is 19.4 Å². The summed E-state index contributed by atoms with van der Waals surface area (Å²) in [4.78, 5) is 20.4. The molecule has 7 nitrogen and oxygen atoms in total. The van der Waals surface area contributed by atoms with E-state index >= 15 is 0 Å². The highest BCUT2D eigenvalue weighted by Gasteiger charge is 2.11. The molecule has 0 spiro atoms. The molecule has 0 fully saturated rings. The van der Waals surface area contributed by atoms with Crippen LogP contribution in [-0.2, 0) is 4.74 Å². The quantitative estimate of drug-likeness (QED) is 0.746. The first-order valence-corrected chi connectivity index (χ1v) is 7.64. The number of methoxy groups -OCH3 is 2. The van der Waals surface area contributed by atoms with Crippen molar-refractivity contribution in [3.63, 3.8) is 0 Å². The van der Waals surface area contributed by atoms with Gasteiger partial charge in [0.25, 0.3) is 5.91 Å². The lowest BCUT2D eigenvalue weighted by atomic mass is 10.2. The van der Waals surface area contributed by atoms with Crippen LogP contribution in [0.2, 0.25) is 5.02 Å². The molecule has 2 rings (SSSR count). The summed E-state index contributed by atoms with van der Waals surface area (Å²) in [6, 6.07) is 5.08. The fraction of sp³-hybridized carbons (Fsp3) is 0.312. The maximum Gasteiger partial charge on any atom is 0.270 e. The monoisotopic (exact) mass is 350 g/mol. The van der Waals surface area contributed by atoms with Gasteiger partial charge < -0.3 is 20.1 Å². The number of halogens is 1. The highest BCUT2D eigenvalue weighted by molar-refractivity contribution is 6.31. The zero-order valence-electron chi connectivity index (χ0n) is 13.7. The normalized spacial score (nSPS) is 10.3. The van der Waals surface area contributed by atoms with E-state index in [2.05, 4.69) is 20.6 Å². The Labute approximate surface area is 145 Å². The van der Waals surface area contributed by atoms with Crippen LogP contribution in [0.5, 0.6) is 5.75 Å². The zero-order valence-corrected chi connectivity index (χ0v) is 14.5. The lowest BCUT2D eigenvalue weighted by Crippen LogP contribution is -2.27. The van der Waals surface area contributed by atoms with Crippen molar-refractivity contribution >= 4 is 29.1 Å². The van der Waals surface area contributed by atoms with Gasteiger partial charge in [0.1, 0.15) is 11.4 Å². The van der Waals surface area contributed by atoms with Crippen LogP contribution in [0.25, 0.3) is 0 Å². The average Bonchev–Trinajstić information content (AvgIpc) is 2.58. The number of aryl methyl sites for hydroxylation is 1.